The van der Waals surface area contributed by atoms with Gasteiger partial charge in [0.1, 0.15) is 0 Å². The number of esters is 1. The summed E-state index contributed by atoms with van der Waals surface area (Å²) in [7, 11) is 1.47. The molecule has 0 bridgehead atoms. The quantitative estimate of drug-likeness (QED) is 0.283. The van der Waals surface area contributed by atoms with Crippen LogP contribution in [0.2, 0.25) is 0 Å². The summed E-state index contributed by atoms with van der Waals surface area (Å²) in [5, 5.41) is 3.90. The molecule has 0 spiro atoms. The summed E-state index contributed by atoms with van der Waals surface area (Å²) < 4.78 is 11.9. The molecule has 0 unspecified atom stereocenters. The van der Waals surface area contributed by atoms with E-state index in [1.807, 2.05) is 18.2 Å². The molecule has 1 aromatic heterocycles. The van der Waals surface area contributed by atoms with Crippen LogP contribution in [0, 0.1) is 0 Å². The van der Waals surface area contributed by atoms with Crippen LogP contribution in [-0.4, -0.2) is 25.2 Å². The molecule has 7 heteroatoms. The number of carbonyl (C=O) groups excluding carboxylic acids is 2. The molecule has 24 heavy (non-hydrogen) atoms. The van der Waals surface area contributed by atoms with Gasteiger partial charge in [-0.05, 0) is 23.8 Å². The van der Waals surface area contributed by atoms with E-state index in [0.717, 1.165) is 0 Å². The predicted molar refractivity (Wildman–Crippen MR) is 86.7 cm³/mol. The summed E-state index contributed by atoms with van der Waals surface area (Å²) in [6.45, 7) is 1.49. The van der Waals surface area contributed by atoms with Crippen LogP contribution in [0.25, 0.3) is 0 Å². The average Bonchev–Trinajstić information content (AvgIpc) is 2.56. The van der Waals surface area contributed by atoms with E-state index in [9.17, 15) is 9.59 Å². The number of carbonyl (C=O) groups is 2. The Morgan fingerprint density at radius 1 is 1.21 bits per heavy atom. The zero-order valence-corrected chi connectivity index (χ0v) is 13.4. The summed E-state index contributed by atoms with van der Waals surface area (Å²) in [5.74, 6) is 0.0540. The number of amides is 1. The number of hydrogen-bond acceptors (Lipinski definition) is 5. The Morgan fingerprint density at radius 2 is 1.96 bits per heavy atom. The molecular weight excluding hydrogens is 310 g/mol. The van der Waals surface area contributed by atoms with Crippen molar-refractivity contribution < 1.29 is 23.6 Å². The number of nitrogens with one attached hydrogen (secondary N) is 1. The van der Waals surface area contributed by atoms with Gasteiger partial charge in [-0.3, -0.25) is 9.59 Å². The fourth-order valence-corrected chi connectivity index (χ4v) is 1.92. The first kappa shape index (κ1) is 17.1. The van der Waals surface area contributed by atoms with Crippen LogP contribution in [0.5, 0.6) is 11.5 Å². The van der Waals surface area contributed by atoms with Gasteiger partial charge < -0.3 is 9.47 Å². The first-order chi connectivity index (χ1) is 11.6. The topological polar surface area (TPSA) is 80.9 Å². The Kier molecular flexibility index (Phi) is 6.01. The molecule has 0 radical (unpaired) electrons. The number of ether oxygens (including phenoxy) is 2. The van der Waals surface area contributed by atoms with Gasteiger partial charge in [0.2, 0.25) is 6.54 Å². The van der Waals surface area contributed by atoms with E-state index in [-0.39, 0.29) is 12.5 Å². The highest BCUT2D eigenvalue weighted by Gasteiger charge is 2.08. The van der Waals surface area contributed by atoms with Gasteiger partial charge in [-0.2, -0.15) is 9.67 Å². The summed E-state index contributed by atoms with van der Waals surface area (Å²) >= 11 is 0. The summed E-state index contributed by atoms with van der Waals surface area (Å²) in [4.78, 5) is 22.8. The van der Waals surface area contributed by atoms with E-state index >= 15 is 0 Å². The highest BCUT2D eigenvalue weighted by molar-refractivity contribution is 5.83. The molecule has 0 saturated carbocycles. The van der Waals surface area contributed by atoms with Gasteiger partial charge in [0, 0.05) is 19.1 Å². The maximum absolute atomic E-state index is 11.8. The van der Waals surface area contributed by atoms with Crippen LogP contribution < -0.4 is 19.5 Å². The number of rotatable bonds is 6. The van der Waals surface area contributed by atoms with Crippen LogP contribution in [0.4, 0.5) is 0 Å². The fraction of sp³-hybridized carbons (Fsp3) is 0.176. The number of hydrogen-bond donors (Lipinski definition) is 1. The van der Waals surface area contributed by atoms with E-state index in [1.165, 1.54) is 20.2 Å². The molecule has 1 heterocycles. The highest BCUT2D eigenvalue weighted by Crippen LogP contribution is 2.27. The van der Waals surface area contributed by atoms with Crippen molar-refractivity contribution in [3.63, 3.8) is 0 Å². The van der Waals surface area contributed by atoms with E-state index in [1.54, 1.807) is 35.2 Å². The molecule has 124 valence electrons. The van der Waals surface area contributed by atoms with E-state index in [2.05, 4.69) is 10.5 Å². The maximum Gasteiger partial charge on any atom is 0.308 e. The van der Waals surface area contributed by atoms with Crippen LogP contribution in [0.15, 0.2) is 53.9 Å². The third kappa shape index (κ3) is 5.20. The van der Waals surface area contributed by atoms with Crippen LogP contribution in [-0.2, 0) is 16.1 Å². The standard InChI is InChI=1S/C17H17N3O4/c1-13(21)24-15-7-6-14(10-16(15)23-2)11-18-19-17(22)12-20-8-4-3-5-9-20/h3-11H,12H2,1-2H3/p+1/b18-11-. The zero-order chi connectivity index (χ0) is 17.4. The van der Waals surface area contributed by atoms with Crippen molar-refractivity contribution in [2.45, 2.75) is 13.5 Å². The summed E-state index contributed by atoms with van der Waals surface area (Å²) in [5.41, 5.74) is 3.14. The normalized spacial score (nSPS) is 10.4. The lowest BCUT2D eigenvalue weighted by atomic mass is 10.2. The van der Waals surface area contributed by atoms with Crippen molar-refractivity contribution in [2.24, 2.45) is 5.10 Å². The molecule has 1 N–H and O–H groups in total. The second-order valence-electron chi connectivity index (χ2n) is 4.84. The van der Waals surface area contributed by atoms with Crippen LogP contribution in [0.3, 0.4) is 0 Å². The molecule has 1 aromatic carbocycles. The molecule has 2 aromatic rings. The molecule has 0 aliphatic rings. The average molecular weight is 328 g/mol. The number of benzene rings is 1. The first-order valence-electron chi connectivity index (χ1n) is 7.21. The van der Waals surface area contributed by atoms with Gasteiger partial charge in [-0.25, -0.2) is 5.43 Å². The van der Waals surface area contributed by atoms with E-state index in [4.69, 9.17) is 9.47 Å². The third-order valence-corrected chi connectivity index (χ3v) is 2.95. The van der Waals surface area contributed by atoms with Crippen molar-refractivity contribution in [2.75, 3.05) is 7.11 Å². The number of pyridine rings is 1. The highest BCUT2D eigenvalue weighted by atomic mass is 16.6. The monoisotopic (exact) mass is 328 g/mol. The third-order valence-electron chi connectivity index (χ3n) is 2.95. The number of nitrogens with zero attached hydrogens (tertiary/aromatic N) is 2. The molecule has 7 nitrogen and oxygen atoms in total. The van der Waals surface area contributed by atoms with Crippen molar-refractivity contribution in [1.82, 2.24) is 5.43 Å². The first-order valence-corrected chi connectivity index (χ1v) is 7.21. The van der Waals surface area contributed by atoms with E-state index < -0.39 is 5.97 Å². The summed E-state index contributed by atoms with van der Waals surface area (Å²) in [6, 6.07) is 10.5. The van der Waals surface area contributed by atoms with E-state index in [0.29, 0.717) is 17.1 Å². The molecule has 1 amide bonds. The summed E-state index contributed by atoms with van der Waals surface area (Å²) in [6.07, 6.45) is 5.07. The largest absolute Gasteiger partial charge is 0.493 e. The van der Waals surface area contributed by atoms with Crippen molar-refractivity contribution in [3.05, 3.63) is 54.4 Å². The number of hydrazone groups is 1. The predicted octanol–water partition coefficient (Wildman–Crippen LogP) is 1.06. The Labute approximate surface area is 139 Å². The smallest absolute Gasteiger partial charge is 0.308 e. The minimum Gasteiger partial charge on any atom is -0.493 e. The second-order valence-corrected chi connectivity index (χ2v) is 4.84. The molecule has 0 fully saturated rings. The molecule has 0 aliphatic carbocycles. The minimum atomic E-state index is -0.430. The van der Waals surface area contributed by atoms with Gasteiger partial charge in [-0.1, -0.05) is 6.07 Å². The molecule has 2 rings (SSSR count). The minimum absolute atomic E-state index is 0.174. The van der Waals surface area contributed by atoms with Gasteiger partial charge in [0.05, 0.1) is 13.3 Å². The Balaban J connectivity index is 1.96. The molecule has 0 aliphatic heterocycles. The molecular formula is C17H18N3O4+. The van der Waals surface area contributed by atoms with Crippen LogP contribution in [0.1, 0.15) is 12.5 Å². The lowest BCUT2D eigenvalue weighted by Gasteiger charge is -2.08. The Bertz CT molecular complexity index is 745. The van der Waals surface area contributed by atoms with Gasteiger partial charge in [0.15, 0.2) is 23.9 Å². The number of methoxy groups -OCH3 is 1. The lowest BCUT2D eigenvalue weighted by molar-refractivity contribution is -0.684. The maximum atomic E-state index is 11.8. The van der Waals surface area contributed by atoms with Gasteiger partial charge >= 0.3 is 11.9 Å². The lowest BCUT2D eigenvalue weighted by Crippen LogP contribution is -2.40. The zero-order valence-electron chi connectivity index (χ0n) is 13.4. The number of aromatic nitrogens is 1. The van der Waals surface area contributed by atoms with Gasteiger partial charge in [0.25, 0.3) is 0 Å². The SMILES string of the molecule is COc1cc(/C=N\NC(=O)C[n+]2ccccc2)ccc1OC(C)=O. The van der Waals surface area contributed by atoms with Crippen molar-refractivity contribution >= 4 is 18.1 Å². The van der Waals surface area contributed by atoms with Crippen molar-refractivity contribution in [1.29, 1.82) is 0 Å². The van der Waals surface area contributed by atoms with Crippen LogP contribution >= 0.6 is 0 Å². The Hall–Kier alpha value is -3.22. The molecule has 0 atom stereocenters. The van der Waals surface area contributed by atoms with Gasteiger partial charge in [-0.15, -0.1) is 0 Å². The second kappa shape index (κ2) is 8.42. The fourth-order valence-electron chi connectivity index (χ4n) is 1.92. The Morgan fingerprint density at radius 3 is 2.62 bits per heavy atom. The van der Waals surface area contributed by atoms with Crippen molar-refractivity contribution in [3.8, 4) is 11.5 Å². The molecule has 0 saturated heterocycles.